The number of aromatic hydroxyl groups is 2. The highest BCUT2D eigenvalue weighted by Gasteiger charge is 2.51. The highest BCUT2D eigenvalue weighted by molar-refractivity contribution is 6.31. The number of nitrogens with two attached hydrogens (primary N) is 1. The highest BCUT2D eigenvalue weighted by Crippen LogP contribution is 2.52. The summed E-state index contributed by atoms with van der Waals surface area (Å²) in [4.78, 5) is 109. The van der Waals surface area contributed by atoms with Crippen LogP contribution in [0.2, 0.25) is 0 Å². The molecule has 2 aliphatic heterocycles. The Labute approximate surface area is 425 Å². The summed E-state index contributed by atoms with van der Waals surface area (Å²) < 4.78 is 22.9. The number of carbonyl (C=O) groups excluding carboxylic acids is 8. The third-order valence-electron chi connectivity index (χ3n) is 13.9. The van der Waals surface area contributed by atoms with Gasteiger partial charge in [0.1, 0.15) is 60.3 Å². The number of phenols is 2. The number of carbonyl (C=O) groups is 8. The molecule has 4 aliphatic rings. The van der Waals surface area contributed by atoms with E-state index in [0.717, 1.165) is 5.56 Å². The van der Waals surface area contributed by atoms with Gasteiger partial charge in [-0.3, -0.25) is 33.6 Å². The first kappa shape index (κ1) is 54.7. The summed E-state index contributed by atoms with van der Waals surface area (Å²) in [6.07, 6.45) is -5.87. The topological polar surface area (TPSA) is 352 Å². The predicted molar refractivity (Wildman–Crippen MR) is 258 cm³/mol. The number of nitrogens with one attached hydrogen (secondary N) is 4. The Hall–Kier alpha value is -7.02. The van der Waals surface area contributed by atoms with Gasteiger partial charge in [-0.05, 0) is 64.1 Å². The van der Waals surface area contributed by atoms with Crippen molar-refractivity contribution in [1.82, 2.24) is 26.2 Å². The SMILES string of the molecule is COc1cccc2c1C(=O)c1c(O)c3c(c(O)c1C2=O)C[C@@](O)(C(=O)CO)C[C@@H]3OC1CC(NC(=O)[C@@H]2CCCN2C(=O)CNC(=O)[C@H](C)NC(=O)[C@H](CCCCN)NC(=O)OCc2ccccc2)C(O)C(C)O1. The third kappa shape index (κ3) is 11.5. The van der Waals surface area contributed by atoms with Gasteiger partial charge in [0.2, 0.25) is 29.4 Å². The van der Waals surface area contributed by atoms with Gasteiger partial charge < -0.3 is 76.4 Å². The third-order valence-corrected chi connectivity index (χ3v) is 13.9. The van der Waals surface area contributed by atoms with Crippen LogP contribution in [0.4, 0.5) is 4.79 Å². The number of unbranched alkanes of at least 4 members (excludes halogenated alkanes) is 1. The number of hydrogen-bond acceptors (Lipinski definition) is 18. The molecule has 9 atom stereocenters. The van der Waals surface area contributed by atoms with Crippen molar-refractivity contribution in [2.24, 2.45) is 5.73 Å². The largest absolute Gasteiger partial charge is 0.507 e. The van der Waals surface area contributed by atoms with Crippen LogP contribution in [0.1, 0.15) is 113 Å². The molecule has 2 heterocycles. The molecule has 4 unspecified atom stereocenters. The normalized spacial score (nSPS) is 23.8. The number of alkyl carbamates (subject to hydrolysis) is 1. The zero-order valence-corrected chi connectivity index (χ0v) is 41.1. The Morgan fingerprint density at radius 1 is 0.946 bits per heavy atom. The molecule has 3 aromatic rings. The van der Waals surface area contributed by atoms with Gasteiger partial charge in [-0.15, -0.1) is 0 Å². The summed E-state index contributed by atoms with van der Waals surface area (Å²) in [5.74, 6) is -7.02. The molecule has 3 aromatic carbocycles. The number of fused-ring (bicyclic) bond motifs is 3. The number of ketones is 3. The lowest BCUT2D eigenvalue weighted by Gasteiger charge is -2.43. The van der Waals surface area contributed by atoms with E-state index in [0.29, 0.717) is 25.8 Å². The summed E-state index contributed by atoms with van der Waals surface area (Å²) in [7, 11) is 1.28. The molecule has 0 radical (unpaired) electrons. The molecule has 23 heteroatoms. The minimum atomic E-state index is -2.42. The lowest BCUT2D eigenvalue weighted by molar-refractivity contribution is -0.249. The zero-order chi connectivity index (χ0) is 53.6. The number of aliphatic hydroxyl groups excluding tert-OH is 2. The first-order valence-corrected chi connectivity index (χ1v) is 24.4. The molecule has 0 spiro atoms. The van der Waals surface area contributed by atoms with Crippen molar-refractivity contribution in [1.29, 1.82) is 0 Å². The maximum atomic E-state index is 14.1. The number of ether oxygens (including phenoxy) is 4. The lowest BCUT2D eigenvalue weighted by atomic mass is 9.72. The zero-order valence-electron chi connectivity index (χ0n) is 41.1. The van der Waals surface area contributed by atoms with Gasteiger partial charge in [0, 0.05) is 42.5 Å². The second-order valence-electron chi connectivity index (χ2n) is 18.8. The van der Waals surface area contributed by atoms with E-state index >= 15 is 0 Å². The number of amides is 5. The van der Waals surface area contributed by atoms with Crippen LogP contribution in [0.3, 0.4) is 0 Å². The molecule has 0 aromatic heterocycles. The standard InChI is InChI=1S/C51H62N6O17/c1-25(54-48(67)30(14-7-8-17-52)56-50(69)72-24-27-11-5-4-6-12-27)47(66)53-22-36(60)57-18-10-15-32(57)49(68)55-31-19-37(73-26(2)42(31)61)74-34-21-51(70,35(59)23-58)20-29-39(34)46(65)41-40(44(29)63)43(62)28-13-9-16-33(71-3)38(28)45(41)64/h4-6,9,11-13,16,25-26,30-32,34,37,42,58,61,63,65,70H,7-8,10,14-15,17-24,52H2,1-3H3,(H,53,66)(H,54,67)(H,55,68)(H,56,69)/t25-,26?,30-,31?,32-,34-,37?,42?,51-/m0/s1. The summed E-state index contributed by atoms with van der Waals surface area (Å²) in [5.41, 5.74) is 1.94. The Morgan fingerprint density at radius 3 is 2.38 bits per heavy atom. The molecule has 2 saturated heterocycles. The Bertz CT molecular complexity index is 2670. The number of nitrogens with zero attached hydrogens (tertiary/aromatic N) is 1. The van der Waals surface area contributed by atoms with Crippen LogP contribution < -0.4 is 31.7 Å². The van der Waals surface area contributed by atoms with E-state index in [1.165, 1.54) is 44.1 Å². The number of aliphatic hydroxyl groups is 3. The van der Waals surface area contributed by atoms with E-state index < -0.39 is 150 Å². The number of benzene rings is 3. The molecule has 7 rings (SSSR count). The molecular weight excluding hydrogens is 969 g/mol. The molecule has 11 N–H and O–H groups in total. The van der Waals surface area contributed by atoms with Crippen molar-refractivity contribution in [3.8, 4) is 17.2 Å². The van der Waals surface area contributed by atoms with Crippen LogP contribution in [0.25, 0.3) is 0 Å². The van der Waals surface area contributed by atoms with Gasteiger partial charge in [-0.2, -0.15) is 0 Å². The second-order valence-corrected chi connectivity index (χ2v) is 18.8. The van der Waals surface area contributed by atoms with Crippen LogP contribution in [0, 0.1) is 0 Å². The highest BCUT2D eigenvalue weighted by atomic mass is 16.7. The van der Waals surface area contributed by atoms with Crippen molar-refractivity contribution in [2.75, 3.05) is 33.4 Å². The van der Waals surface area contributed by atoms with Crippen molar-refractivity contribution in [3.05, 3.63) is 87.5 Å². The monoisotopic (exact) mass is 1030 g/mol. The van der Waals surface area contributed by atoms with E-state index in [9.17, 15) is 63.9 Å². The van der Waals surface area contributed by atoms with Gasteiger partial charge in [0.05, 0.1) is 48.6 Å². The molecule has 74 heavy (non-hydrogen) atoms. The van der Waals surface area contributed by atoms with E-state index in [1.807, 2.05) is 6.07 Å². The van der Waals surface area contributed by atoms with Crippen molar-refractivity contribution < 1.29 is 82.8 Å². The number of rotatable bonds is 19. The molecule has 23 nitrogen and oxygen atoms in total. The molecule has 5 amide bonds. The van der Waals surface area contributed by atoms with Crippen molar-refractivity contribution in [2.45, 2.75) is 126 Å². The number of methoxy groups -OCH3 is 1. The summed E-state index contributed by atoms with van der Waals surface area (Å²) in [6.45, 7) is 1.68. The Morgan fingerprint density at radius 2 is 1.68 bits per heavy atom. The number of phenolic OH excluding ortho intramolecular Hbond substituents is 2. The Kier molecular flexibility index (Phi) is 17.4. The fourth-order valence-corrected chi connectivity index (χ4v) is 9.94. The summed E-state index contributed by atoms with van der Waals surface area (Å²) >= 11 is 0. The van der Waals surface area contributed by atoms with Gasteiger partial charge in [-0.25, -0.2) is 4.79 Å². The van der Waals surface area contributed by atoms with Crippen LogP contribution in [0.15, 0.2) is 48.5 Å². The fourth-order valence-electron chi connectivity index (χ4n) is 9.94. The van der Waals surface area contributed by atoms with Gasteiger partial charge in [0.25, 0.3) is 0 Å². The summed E-state index contributed by atoms with van der Waals surface area (Å²) in [6, 6.07) is 8.81. The molecular formula is C51H62N6O17. The van der Waals surface area contributed by atoms with E-state index in [1.54, 1.807) is 24.3 Å². The van der Waals surface area contributed by atoms with E-state index in [2.05, 4.69) is 21.3 Å². The number of likely N-dealkylation sites (tertiary alicyclic amines) is 1. The molecule has 398 valence electrons. The molecule has 0 saturated carbocycles. The summed E-state index contributed by atoms with van der Waals surface area (Å²) in [5, 5.41) is 66.8. The van der Waals surface area contributed by atoms with Crippen LogP contribution in [-0.2, 0) is 51.2 Å². The maximum Gasteiger partial charge on any atom is 0.408 e. The second kappa shape index (κ2) is 23.5. The van der Waals surface area contributed by atoms with Gasteiger partial charge >= 0.3 is 6.09 Å². The maximum absolute atomic E-state index is 14.1. The first-order valence-electron chi connectivity index (χ1n) is 24.4. The Balaban J connectivity index is 0.996. The molecule has 2 aliphatic carbocycles. The average Bonchev–Trinajstić information content (AvgIpc) is 3.89. The minimum absolute atomic E-state index is 0.0229. The van der Waals surface area contributed by atoms with Crippen LogP contribution in [-0.4, -0.2) is 159 Å². The first-order chi connectivity index (χ1) is 35.3. The smallest absolute Gasteiger partial charge is 0.408 e. The van der Waals surface area contributed by atoms with Gasteiger partial charge in [0.15, 0.2) is 17.9 Å². The quantitative estimate of drug-likeness (QED) is 0.0443. The van der Waals surface area contributed by atoms with E-state index in [4.69, 9.17) is 24.7 Å². The van der Waals surface area contributed by atoms with Crippen molar-refractivity contribution in [3.63, 3.8) is 0 Å². The fraction of sp³-hybridized carbons (Fsp3) is 0.490. The van der Waals surface area contributed by atoms with Crippen LogP contribution in [0.5, 0.6) is 17.2 Å². The van der Waals surface area contributed by atoms with E-state index in [-0.39, 0.29) is 60.4 Å². The average molecular weight is 1030 g/mol. The lowest BCUT2D eigenvalue weighted by Crippen LogP contribution is -2.59. The van der Waals surface area contributed by atoms with Gasteiger partial charge in [-0.1, -0.05) is 42.5 Å². The minimum Gasteiger partial charge on any atom is -0.507 e. The van der Waals surface area contributed by atoms with Crippen molar-refractivity contribution >= 4 is 47.1 Å². The predicted octanol–water partition coefficient (Wildman–Crippen LogP) is 0.195. The number of Topliss-reactive ketones (excluding diaryl/α,β-unsaturated/α-hetero) is 1. The number of hydrogen-bond donors (Lipinski definition) is 10. The molecule has 2 fully saturated rings. The molecule has 0 bridgehead atoms. The van der Waals surface area contributed by atoms with Crippen LogP contribution >= 0.6 is 0 Å².